The Morgan fingerprint density at radius 3 is 2.71 bits per heavy atom. The smallest absolute Gasteiger partial charge is 0.338 e. The predicted molar refractivity (Wildman–Crippen MR) is 97.7 cm³/mol. The van der Waals surface area contributed by atoms with Crippen LogP contribution in [0.3, 0.4) is 0 Å². The van der Waals surface area contributed by atoms with Gasteiger partial charge in [0.1, 0.15) is 24.5 Å². The molecule has 9 heteroatoms. The Balaban J connectivity index is 1.44. The van der Waals surface area contributed by atoms with Gasteiger partial charge in [0, 0.05) is 29.8 Å². The molecule has 2 radical (unpaired) electrons. The number of esters is 1. The minimum Gasteiger partial charge on any atom is -0.459 e. The highest BCUT2D eigenvalue weighted by molar-refractivity contribution is 6.63. The molecule has 0 saturated carbocycles. The molecular formula is C19H20BNO7. The summed E-state index contributed by atoms with van der Waals surface area (Å²) in [6.45, 7) is 3.58. The number of hydrogen-bond donors (Lipinski definition) is 1. The maximum Gasteiger partial charge on any atom is 0.338 e. The highest BCUT2D eigenvalue weighted by Gasteiger charge is 2.58. The maximum atomic E-state index is 12.6. The zero-order valence-electron chi connectivity index (χ0n) is 15.8. The number of aromatic nitrogens is 1. The van der Waals surface area contributed by atoms with E-state index in [0.717, 1.165) is 11.1 Å². The second-order valence-corrected chi connectivity index (χ2v) is 7.28. The van der Waals surface area contributed by atoms with Crippen LogP contribution >= 0.6 is 0 Å². The lowest BCUT2D eigenvalue weighted by atomic mass is 9.94. The van der Waals surface area contributed by atoms with Gasteiger partial charge in [-0.3, -0.25) is 0 Å². The summed E-state index contributed by atoms with van der Waals surface area (Å²) >= 11 is 0. The van der Waals surface area contributed by atoms with Gasteiger partial charge < -0.3 is 33.5 Å². The van der Waals surface area contributed by atoms with Crippen molar-refractivity contribution in [2.75, 3.05) is 7.11 Å². The third kappa shape index (κ3) is 3.35. The van der Waals surface area contributed by atoms with Gasteiger partial charge in [-0.2, -0.15) is 0 Å². The molecule has 1 aromatic heterocycles. The third-order valence-electron chi connectivity index (χ3n) is 4.87. The number of nitrogens with one attached hydrogen (secondary N) is 1. The molecular weight excluding hydrogens is 365 g/mol. The molecule has 2 aromatic rings. The van der Waals surface area contributed by atoms with E-state index in [0.29, 0.717) is 10.9 Å². The van der Waals surface area contributed by atoms with E-state index in [-0.39, 0.29) is 6.61 Å². The number of ether oxygens (including phenoxy) is 5. The zero-order chi connectivity index (χ0) is 20.1. The fourth-order valence-electron chi connectivity index (χ4n) is 3.64. The first-order valence-electron chi connectivity index (χ1n) is 8.89. The molecule has 0 bridgehead atoms. The van der Waals surface area contributed by atoms with Gasteiger partial charge in [-0.1, -0.05) is 12.1 Å². The van der Waals surface area contributed by atoms with Gasteiger partial charge in [-0.25, -0.2) is 4.79 Å². The van der Waals surface area contributed by atoms with Crippen molar-refractivity contribution in [1.29, 1.82) is 0 Å². The molecule has 3 heterocycles. The van der Waals surface area contributed by atoms with E-state index in [1.54, 1.807) is 38.2 Å². The standard InChI is InChI=1S/C19H20BNO7/c1-19(2)27-13-14(26-18(24-3)15(13)28-19)17(23)25-8-9-4-5-10-11(16(20)22)7-21-12(10)6-9/h4-7,13-15,18,21H,8H2,1-3H3. The lowest BCUT2D eigenvalue weighted by Gasteiger charge is -2.22. The first-order chi connectivity index (χ1) is 13.3. The molecule has 2 aliphatic rings. The van der Waals surface area contributed by atoms with Crippen molar-refractivity contribution < 1.29 is 33.3 Å². The number of H-pyrrole nitrogens is 1. The Morgan fingerprint density at radius 1 is 1.25 bits per heavy atom. The van der Waals surface area contributed by atoms with Crippen LogP contribution in [-0.2, 0) is 35.1 Å². The van der Waals surface area contributed by atoms with E-state index >= 15 is 0 Å². The molecule has 4 rings (SSSR count). The van der Waals surface area contributed by atoms with E-state index in [9.17, 15) is 9.59 Å². The van der Waals surface area contributed by atoms with Crippen molar-refractivity contribution in [3.63, 3.8) is 0 Å². The molecule has 1 N–H and O–H groups in total. The molecule has 0 spiro atoms. The highest BCUT2D eigenvalue weighted by atomic mass is 16.8. The second-order valence-electron chi connectivity index (χ2n) is 7.28. The van der Waals surface area contributed by atoms with Crippen molar-refractivity contribution >= 4 is 30.4 Å². The van der Waals surface area contributed by atoms with Gasteiger partial charge in [0.25, 0.3) is 0 Å². The molecule has 4 unspecified atom stereocenters. The first kappa shape index (κ1) is 19.1. The van der Waals surface area contributed by atoms with Crippen LogP contribution in [0.2, 0.25) is 0 Å². The van der Waals surface area contributed by atoms with E-state index < -0.39 is 42.0 Å². The molecule has 4 atom stereocenters. The molecule has 0 aliphatic carbocycles. The van der Waals surface area contributed by atoms with Crippen molar-refractivity contribution in [2.24, 2.45) is 0 Å². The molecule has 1 aromatic carbocycles. The summed E-state index contributed by atoms with van der Waals surface area (Å²) in [5.41, 5.74) is 1.39. The van der Waals surface area contributed by atoms with Crippen LogP contribution < -0.4 is 0 Å². The van der Waals surface area contributed by atoms with Crippen molar-refractivity contribution in [2.45, 2.75) is 50.8 Å². The fraction of sp³-hybridized carbons (Fsp3) is 0.474. The van der Waals surface area contributed by atoms with Crippen LogP contribution in [0.15, 0.2) is 24.4 Å². The number of rotatable bonds is 5. The number of benzene rings is 1. The van der Waals surface area contributed by atoms with Crippen molar-refractivity contribution in [3.8, 4) is 0 Å². The van der Waals surface area contributed by atoms with E-state index in [2.05, 4.69) is 4.98 Å². The summed E-state index contributed by atoms with van der Waals surface area (Å²) in [6, 6.07) is 5.32. The molecule has 0 amide bonds. The van der Waals surface area contributed by atoms with Crippen molar-refractivity contribution in [1.82, 2.24) is 4.98 Å². The maximum absolute atomic E-state index is 12.6. The van der Waals surface area contributed by atoms with Crippen LogP contribution in [-0.4, -0.2) is 62.0 Å². The van der Waals surface area contributed by atoms with Gasteiger partial charge >= 0.3 is 5.97 Å². The molecule has 28 heavy (non-hydrogen) atoms. The van der Waals surface area contributed by atoms with Crippen molar-refractivity contribution in [3.05, 3.63) is 35.5 Å². The zero-order valence-corrected chi connectivity index (χ0v) is 15.8. The Hall–Kier alpha value is -2.20. The normalized spacial score (nSPS) is 28.4. The Labute approximate surface area is 162 Å². The summed E-state index contributed by atoms with van der Waals surface area (Å²) in [5.74, 6) is -1.38. The third-order valence-corrected chi connectivity index (χ3v) is 4.87. The summed E-state index contributed by atoms with van der Waals surface area (Å²) in [6.07, 6.45) is -1.19. The molecule has 2 fully saturated rings. The number of hydrogen-bond acceptors (Lipinski definition) is 7. The average molecular weight is 385 g/mol. The quantitative estimate of drug-likeness (QED) is 0.614. The van der Waals surface area contributed by atoms with Crippen LogP contribution in [0.25, 0.3) is 10.9 Å². The highest BCUT2D eigenvalue weighted by Crippen LogP contribution is 2.39. The van der Waals surface area contributed by atoms with Crippen LogP contribution in [0.1, 0.15) is 29.8 Å². The molecule has 2 saturated heterocycles. The topological polar surface area (TPSA) is 96.1 Å². The molecule has 8 nitrogen and oxygen atoms in total. The minimum absolute atomic E-state index is 0.0405. The lowest BCUT2D eigenvalue weighted by Crippen LogP contribution is -2.36. The fourth-order valence-corrected chi connectivity index (χ4v) is 3.64. The largest absolute Gasteiger partial charge is 0.459 e. The van der Waals surface area contributed by atoms with Gasteiger partial charge in [0.2, 0.25) is 0 Å². The summed E-state index contributed by atoms with van der Waals surface area (Å²) in [7, 11) is 6.82. The summed E-state index contributed by atoms with van der Waals surface area (Å²) < 4.78 is 27.9. The Bertz CT molecular complexity index is 924. The van der Waals surface area contributed by atoms with E-state index in [1.807, 2.05) is 0 Å². The van der Waals surface area contributed by atoms with Crippen LogP contribution in [0.4, 0.5) is 0 Å². The number of fused-ring (bicyclic) bond motifs is 2. The van der Waals surface area contributed by atoms with E-state index in [4.69, 9.17) is 31.5 Å². The molecule has 2 aliphatic heterocycles. The first-order valence-corrected chi connectivity index (χ1v) is 8.89. The van der Waals surface area contributed by atoms with Gasteiger partial charge in [0.15, 0.2) is 26.0 Å². The predicted octanol–water partition coefficient (Wildman–Crippen LogP) is 1.41. The Kier molecular flexibility index (Phi) is 4.79. The summed E-state index contributed by atoms with van der Waals surface area (Å²) in [4.78, 5) is 27.0. The van der Waals surface area contributed by atoms with Gasteiger partial charge in [-0.15, -0.1) is 0 Å². The minimum atomic E-state index is -0.938. The summed E-state index contributed by atoms with van der Waals surface area (Å²) in [5, 5.41) is 0.714. The lowest BCUT2D eigenvalue weighted by molar-refractivity contribution is -0.230. The van der Waals surface area contributed by atoms with Crippen LogP contribution in [0, 0.1) is 0 Å². The SMILES string of the molecule is [B]C(=O)c1c[nH]c2cc(COC(=O)C3OC(OC)C4OC(C)(C)OC34)ccc12. The number of aromatic amines is 1. The average Bonchev–Trinajstić information content (AvgIpc) is 3.29. The number of carbonyl (C=O) groups excluding carboxylic acids is 2. The number of methoxy groups -OCH3 is 1. The van der Waals surface area contributed by atoms with Gasteiger partial charge in [-0.05, 0) is 25.5 Å². The second kappa shape index (κ2) is 7.00. The van der Waals surface area contributed by atoms with Crippen LogP contribution in [0.5, 0.6) is 0 Å². The Morgan fingerprint density at radius 2 is 2.00 bits per heavy atom. The monoisotopic (exact) mass is 385 g/mol. The molecule has 146 valence electrons. The van der Waals surface area contributed by atoms with Gasteiger partial charge in [0.05, 0.1) is 0 Å². The van der Waals surface area contributed by atoms with E-state index in [1.165, 1.54) is 7.11 Å². The number of carbonyl (C=O) groups is 2.